The molecule has 0 aliphatic carbocycles. The van der Waals surface area contributed by atoms with Crippen molar-refractivity contribution < 1.29 is 9.53 Å². The lowest BCUT2D eigenvalue weighted by Crippen LogP contribution is -2.29. The number of nitrogens with zero attached hydrogens (tertiary/aromatic N) is 3. The van der Waals surface area contributed by atoms with E-state index in [9.17, 15) is 4.79 Å². The predicted octanol–water partition coefficient (Wildman–Crippen LogP) is 1.87. The fourth-order valence-corrected chi connectivity index (χ4v) is 3.19. The highest BCUT2D eigenvalue weighted by Gasteiger charge is 2.28. The Kier molecular flexibility index (Phi) is 3.38. The number of rotatable bonds is 2. The van der Waals surface area contributed by atoms with Crippen LogP contribution in [0.5, 0.6) is 0 Å². The third-order valence-corrected chi connectivity index (χ3v) is 4.33. The van der Waals surface area contributed by atoms with Gasteiger partial charge in [-0.1, -0.05) is 24.3 Å². The molecular formula is C16H18N4O2. The van der Waals surface area contributed by atoms with Crippen LogP contribution in [-0.2, 0) is 28.9 Å². The molecule has 6 nitrogen and oxygen atoms in total. The zero-order valence-electron chi connectivity index (χ0n) is 12.3. The van der Waals surface area contributed by atoms with Gasteiger partial charge in [0.15, 0.2) is 6.10 Å². The Balaban J connectivity index is 1.57. The standard InChI is InChI=1S/C16H18N4O2/c21-15(14-12-6-2-1-5-11(12)8-10-22-14)17-16-19-18-13-7-3-4-9-20(13)16/h1-2,5-6,14H,3-4,7-10H2,(H,17,19,21)/t14-/m0/s1. The van der Waals surface area contributed by atoms with Gasteiger partial charge in [0.25, 0.3) is 5.91 Å². The Morgan fingerprint density at radius 2 is 2.14 bits per heavy atom. The summed E-state index contributed by atoms with van der Waals surface area (Å²) in [7, 11) is 0. The molecule has 0 saturated carbocycles. The predicted molar refractivity (Wildman–Crippen MR) is 80.4 cm³/mol. The van der Waals surface area contributed by atoms with Crippen LogP contribution >= 0.6 is 0 Å². The van der Waals surface area contributed by atoms with Crippen molar-refractivity contribution in [2.24, 2.45) is 0 Å². The number of hydrogen-bond acceptors (Lipinski definition) is 4. The Bertz CT molecular complexity index is 710. The number of fused-ring (bicyclic) bond motifs is 2. The molecule has 114 valence electrons. The van der Waals surface area contributed by atoms with Gasteiger partial charge in [0.1, 0.15) is 5.82 Å². The molecule has 0 saturated heterocycles. The molecule has 1 aromatic heterocycles. The highest BCUT2D eigenvalue weighted by molar-refractivity contribution is 5.93. The molecule has 0 unspecified atom stereocenters. The molecule has 2 aliphatic rings. The van der Waals surface area contributed by atoms with E-state index in [0.29, 0.717) is 12.6 Å². The van der Waals surface area contributed by atoms with Crippen LogP contribution in [0.15, 0.2) is 24.3 Å². The van der Waals surface area contributed by atoms with Gasteiger partial charge in [-0.05, 0) is 30.4 Å². The quantitative estimate of drug-likeness (QED) is 0.919. The van der Waals surface area contributed by atoms with Crippen molar-refractivity contribution in [2.75, 3.05) is 11.9 Å². The van der Waals surface area contributed by atoms with Gasteiger partial charge in [-0.2, -0.15) is 0 Å². The molecule has 6 heteroatoms. The fraction of sp³-hybridized carbons (Fsp3) is 0.438. The van der Waals surface area contributed by atoms with E-state index in [0.717, 1.165) is 43.6 Å². The molecule has 1 aromatic carbocycles. The molecule has 2 aromatic rings. The molecular weight excluding hydrogens is 280 g/mol. The van der Waals surface area contributed by atoms with Gasteiger partial charge in [-0.3, -0.25) is 14.7 Å². The minimum absolute atomic E-state index is 0.173. The first-order chi connectivity index (χ1) is 10.8. The number of ether oxygens (including phenoxy) is 1. The van der Waals surface area contributed by atoms with Crippen molar-refractivity contribution in [1.82, 2.24) is 14.8 Å². The molecule has 1 N–H and O–H groups in total. The minimum Gasteiger partial charge on any atom is -0.363 e. The number of carbonyl (C=O) groups is 1. The molecule has 4 rings (SSSR count). The fourth-order valence-electron chi connectivity index (χ4n) is 3.19. The molecule has 0 bridgehead atoms. The van der Waals surface area contributed by atoms with E-state index < -0.39 is 6.10 Å². The zero-order chi connectivity index (χ0) is 14.9. The Labute approximate surface area is 128 Å². The number of amides is 1. The van der Waals surface area contributed by atoms with Crippen molar-refractivity contribution >= 4 is 11.9 Å². The number of aromatic nitrogens is 3. The summed E-state index contributed by atoms with van der Waals surface area (Å²) in [5.74, 6) is 1.31. The van der Waals surface area contributed by atoms with E-state index in [1.165, 1.54) is 5.56 Å². The third-order valence-electron chi connectivity index (χ3n) is 4.33. The maximum atomic E-state index is 12.6. The lowest BCUT2D eigenvalue weighted by Gasteiger charge is -2.25. The number of nitrogens with one attached hydrogen (secondary N) is 1. The maximum Gasteiger partial charge on any atom is 0.260 e. The number of benzene rings is 1. The highest BCUT2D eigenvalue weighted by Crippen LogP contribution is 2.28. The molecule has 2 aliphatic heterocycles. The summed E-state index contributed by atoms with van der Waals surface area (Å²) >= 11 is 0. The number of hydrogen-bond donors (Lipinski definition) is 1. The van der Waals surface area contributed by atoms with Crippen LogP contribution in [0.3, 0.4) is 0 Å². The molecule has 1 amide bonds. The van der Waals surface area contributed by atoms with Crippen molar-refractivity contribution in [1.29, 1.82) is 0 Å². The van der Waals surface area contributed by atoms with Crippen LogP contribution in [0.4, 0.5) is 5.95 Å². The first kappa shape index (κ1) is 13.5. The smallest absolute Gasteiger partial charge is 0.260 e. The Hall–Kier alpha value is -2.21. The van der Waals surface area contributed by atoms with Crippen molar-refractivity contribution in [3.8, 4) is 0 Å². The molecule has 1 atom stereocenters. The second-order valence-corrected chi connectivity index (χ2v) is 5.74. The van der Waals surface area contributed by atoms with Gasteiger partial charge >= 0.3 is 0 Å². The van der Waals surface area contributed by atoms with Gasteiger partial charge < -0.3 is 4.74 Å². The Morgan fingerprint density at radius 1 is 1.23 bits per heavy atom. The summed E-state index contributed by atoms with van der Waals surface area (Å²) in [6.07, 6.45) is 3.43. The molecule has 0 radical (unpaired) electrons. The molecule has 0 spiro atoms. The van der Waals surface area contributed by atoms with E-state index in [2.05, 4.69) is 21.6 Å². The van der Waals surface area contributed by atoms with E-state index in [4.69, 9.17) is 4.74 Å². The van der Waals surface area contributed by atoms with Crippen LogP contribution in [-0.4, -0.2) is 27.3 Å². The first-order valence-electron chi connectivity index (χ1n) is 7.75. The van der Waals surface area contributed by atoms with Crippen LogP contribution < -0.4 is 5.32 Å². The lowest BCUT2D eigenvalue weighted by molar-refractivity contribution is -0.128. The normalized spacial score (nSPS) is 20.1. The summed E-state index contributed by atoms with van der Waals surface area (Å²) < 4.78 is 7.69. The van der Waals surface area contributed by atoms with Crippen molar-refractivity contribution in [2.45, 2.75) is 38.3 Å². The second kappa shape index (κ2) is 5.53. The molecule has 3 heterocycles. The molecule has 22 heavy (non-hydrogen) atoms. The average molecular weight is 298 g/mol. The van der Waals surface area contributed by atoms with Gasteiger partial charge in [0.05, 0.1) is 6.61 Å². The number of aryl methyl sites for hydroxylation is 1. The average Bonchev–Trinajstić information content (AvgIpc) is 2.97. The van der Waals surface area contributed by atoms with Gasteiger partial charge in [-0.25, -0.2) is 0 Å². The maximum absolute atomic E-state index is 12.6. The van der Waals surface area contributed by atoms with E-state index in [1.54, 1.807) is 0 Å². The van der Waals surface area contributed by atoms with Crippen LogP contribution in [0.1, 0.15) is 35.9 Å². The first-order valence-corrected chi connectivity index (χ1v) is 7.75. The number of carbonyl (C=O) groups excluding carboxylic acids is 1. The Morgan fingerprint density at radius 3 is 3.09 bits per heavy atom. The van der Waals surface area contributed by atoms with Gasteiger partial charge in [0, 0.05) is 13.0 Å². The second-order valence-electron chi connectivity index (χ2n) is 5.74. The summed E-state index contributed by atoms with van der Waals surface area (Å²) in [6.45, 7) is 1.42. The number of anilines is 1. The summed E-state index contributed by atoms with van der Waals surface area (Å²) in [6, 6.07) is 7.94. The van der Waals surface area contributed by atoms with Crippen LogP contribution in [0.25, 0.3) is 0 Å². The SMILES string of the molecule is O=C(Nc1nnc2n1CCCC2)[C@H]1OCCc2ccccc21. The van der Waals surface area contributed by atoms with Crippen LogP contribution in [0.2, 0.25) is 0 Å². The molecule has 0 fully saturated rings. The lowest BCUT2D eigenvalue weighted by atomic mass is 9.97. The van der Waals surface area contributed by atoms with Crippen molar-refractivity contribution in [3.63, 3.8) is 0 Å². The van der Waals surface area contributed by atoms with E-state index >= 15 is 0 Å². The summed E-state index contributed by atoms with van der Waals surface area (Å²) in [5, 5.41) is 11.2. The van der Waals surface area contributed by atoms with Gasteiger partial charge in [0.2, 0.25) is 5.95 Å². The van der Waals surface area contributed by atoms with E-state index in [1.807, 2.05) is 22.8 Å². The third kappa shape index (κ3) is 2.29. The minimum atomic E-state index is -0.568. The van der Waals surface area contributed by atoms with Crippen LogP contribution in [0, 0.1) is 0 Å². The van der Waals surface area contributed by atoms with Gasteiger partial charge in [-0.15, -0.1) is 10.2 Å². The van der Waals surface area contributed by atoms with E-state index in [-0.39, 0.29) is 5.91 Å². The van der Waals surface area contributed by atoms with Crippen molar-refractivity contribution in [3.05, 3.63) is 41.2 Å². The monoisotopic (exact) mass is 298 g/mol. The summed E-state index contributed by atoms with van der Waals surface area (Å²) in [5.41, 5.74) is 2.13. The topological polar surface area (TPSA) is 69.0 Å². The largest absolute Gasteiger partial charge is 0.363 e. The highest BCUT2D eigenvalue weighted by atomic mass is 16.5. The summed E-state index contributed by atoms with van der Waals surface area (Å²) in [4.78, 5) is 12.6. The zero-order valence-corrected chi connectivity index (χ0v) is 12.3.